The zero-order valence-corrected chi connectivity index (χ0v) is 10.7. The Bertz CT molecular complexity index is 418. The number of ether oxygens (including phenoxy) is 1. The van der Waals surface area contributed by atoms with Crippen LogP contribution in [0.1, 0.15) is 18.9 Å². The van der Waals surface area contributed by atoms with Crippen molar-refractivity contribution in [3.63, 3.8) is 0 Å². The molecule has 0 atom stereocenters. The van der Waals surface area contributed by atoms with Gasteiger partial charge in [-0.2, -0.15) is 13.2 Å². The van der Waals surface area contributed by atoms with Crippen LogP contribution in [0.25, 0.3) is 0 Å². The quantitative estimate of drug-likeness (QED) is 0.775. The summed E-state index contributed by atoms with van der Waals surface area (Å²) < 4.78 is 41.8. The second-order valence-corrected chi connectivity index (χ2v) is 3.88. The van der Waals surface area contributed by atoms with Crippen LogP contribution < -0.4 is 4.90 Å². The fourth-order valence-corrected chi connectivity index (χ4v) is 1.39. The number of pyridine rings is 1. The molecule has 0 aliphatic rings. The smallest absolute Gasteiger partial charge is 0.417 e. The predicted octanol–water partition coefficient (Wildman–Crippen LogP) is 2.49. The molecule has 1 aromatic rings. The van der Waals surface area contributed by atoms with Gasteiger partial charge in [0.25, 0.3) is 0 Å². The fourth-order valence-electron chi connectivity index (χ4n) is 1.39. The van der Waals surface area contributed by atoms with Gasteiger partial charge in [-0.15, -0.1) is 0 Å². The third-order valence-corrected chi connectivity index (χ3v) is 2.42. The molecule has 0 radical (unpaired) electrons. The summed E-state index contributed by atoms with van der Waals surface area (Å²) in [5.74, 6) is 0.0264. The van der Waals surface area contributed by atoms with Crippen molar-refractivity contribution >= 4 is 11.8 Å². The zero-order valence-electron chi connectivity index (χ0n) is 10.7. The Morgan fingerprint density at radius 2 is 2.11 bits per heavy atom. The minimum absolute atomic E-state index is 0.160. The van der Waals surface area contributed by atoms with Crippen LogP contribution in [0.4, 0.5) is 19.0 Å². The highest BCUT2D eigenvalue weighted by molar-refractivity contribution is 5.70. The molecule has 0 aromatic carbocycles. The number of anilines is 1. The number of nitrogens with zero attached hydrogens (tertiary/aromatic N) is 2. The number of hydrogen-bond donors (Lipinski definition) is 0. The SMILES string of the molecule is CCOC(=O)CCN(C)c1ccc(C(F)(F)F)cn1. The minimum atomic E-state index is -4.39. The van der Waals surface area contributed by atoms with Gasteiger partial charge >= 0.3 is 12.1 Å². The highest BCUT2D eigenvalue weighted by Gasteiger charge is 2.30. The Morgan fingerprint density at radius 1 is 1.42 bits per heavy atom. The lowest BCUT2D eigenvalue weighted by Gasteiger charge is -2.18. The van der Waals surface area contributed by atoms with Gasteiger partial charge in [-0.3, -0.25) is 4.79 Å². The molecule has 1 rings (SSSR count). The molecule has 19 heavy (non-hydrogen) atoms. The van der Waals surface area contributed by atoms with E-state index in [1.54, 1.807) is 18.9 Å². The zero-order chi connectivity index (χ0) is 14.5. The second-order valence-electron chi connectivity index (χ2n) is 3.88. The average Bonchev–Trinajstić information content (AvgIpc) is 2.35. The summed E-state index contributed by atoms with van der Waals surface area (Å²) in [6.07, 6.45) is -3.46. The molecule has 4 nitrogen and oxygen atoms in total. The maximum atomic E-state index is 12.3. The molecule has 0 saturated heterocycles. The topological polar surface area (TPSA) is 42.4 Å². The number of rotatable bonds is 5. The van der Waals surface area contributed by atoms with E-state index >= 15 is 0 Å². The van der Waals surface area contributed by atoms with Gasteiger partial charge in [0.15, 0.2) is 0 Å². The van der Waals surface area contributed by atoms with Gasteiger partial charge in [0.05, 0.1) is 18.6 Å². The molecular weight excluding hydrogens is 261 g/mol. The fraction of sp³-hybridized carbons (Fsp3) is 0.500. The molecule has 1 heterocycles. The average molecular weight is 276 g/mol. The van der Waals surface area contributed by atoms with Crippen molar-refractivity contribution < 1.29 is 22.7 Å². The Hall–Kier alpha value is -1.79. The standard InChI is InChI=1S/C12H15F3N2O2/c1-3-19-11(18)6-7-17(2)10-5-4-9(8-16-10)12(13,14)15/h4-5,8H,3,6-7H2,1-2H3. The Balaban J connectivity index is 2.58. The van der Waals surface area contributed by atoms with Gasteiger partial charge in [0.2, 0.25) is 0 Å². The van der Waals surface area contributed by atoms with Crippen LogP contribution in [0.2, 0.25) is 0 Å². The van der Waals surface area contributed by atoms with Crippen molar-refractivity contribution in [2.45, 2.75) is 19.5 Å². The van der Waals surface area contributed by atoms with Crippen molar-refractivity contribution in [1.82, 2.24) is 4.98 Å². The van der Waals surface area contributed by atoms with E-state index in [0.717, 1.165) is 12.3 Å². The molecule has 1 aromatic heterocycles. The van der Waals surface area contributed by atoms with Crippen molar-refractivity contribution in [3.8, 4) is 0 Å². The van der Waals surface area contributed by atoms with Gasteiger partial charge in [0.1, 0.15) is 5.82 Å². The normalized spacial score (nSPS) is 11.2. The summed E-state index contributed by atoms with van der Waals surface area (Å²) in [5.41, 5.74) is -0.796. The first kappa shape index (κ1) is 15.3. The first-order chi connectivity index (χ1) is 8.84. The molecule has 0 fully saturated rings. The molecular formula is C12H15F3N2O2. The number of halogens is 3. The molecule has 0 unspecified atom stereocenters. The van der Waals surface area contributed by atoms with Crippen molar-refractivity contribution in [1.29, 1.82) is 0 Å². The summed E-state index contributed by atoms with van der Waals surface area (Å²) in [6, 6.07) is 2.23. The lowest BCUT2D eigenvalue weighted by molar-refractivity contribution is -0.142. The van der Waals surface area contributed by atoms with E-state index in [0.29, 0.717) is 19.0 Å². The number of alkyl halides is 3. The van der Waals surface area contributed by atoms with Gasteiger partial charge < -0.3 is 9.64 Å². The third-order valence-electron chi connectivity index (χ3n) is 2.42. The van der Waals surface area contributed by atoms with Crippen LogP contribution in [0.5, 0.6) is 0 Å². The number of aromatic nitrogens is 1. The van der Waals surface area contributed by atoms with Crippen LogP contribution >= 0.6 is 0 Å². The van der Waals surface area contributed by atoms with E-state index in [-0.39, 0.29) is 12.4 Å². The summed E-state index contributed by atoms with van der Waals surface area (Å²) in [6.45, 7) is 2.34. The van der Waals surface area contributed by atoms with Gasteiger partial charge in [-0.25, -0.2) is 4.98 Å². The number of carbonyl (C=O) groups excluding carboxylic acids is 1. The maximum absolute atomic E-state index is 12.3. The van der Waals surface area contributed by atoms with E-state index in [1.807, 2.05) is 0 Å². The predicted molar refractivity (Wildman–Crippen MR) is 63.8 cm³/mol. The van der Waals surface area contributed by atoms with E-state index in [4.69, 9.17) is 4.74 Å². The van der Waals surface area contributed by atoms with Crippen LogP contribution in [0, 0.1) is 0 Å². The molecule has 106 valence electrons. The van der Waals surface area contributed by atoms with Crippen LogP contribution in [0.3, 0.4) is 0 Å². The number of carbonyl (C=O) groups is 1. The largest absolute Gasteiger partial charge is 0.466 e. The molecule has 7 heteroatoms. The lowest BCUT2D eigenvalue weighted by atomic mass is 10.2. The lowest BCUT2D eigenvalue weighted by Crippen LogP contribution is -2.23. The van der Waals surface area contributed by atoms with Gasteiger partial charge in [-0.1, -0.05) is 0 Å². The van der Waals surface area contributed by atoms with E-state index in [1.165, 1.54) is 6.07 Å². The number of esters is 1. The first-order valence-electron chi connectivity index (χ1n) is 5.74. The summed E-state index contributed by atoms with van der Waals surface area (Å²) in [5, 5.41) is 0. The highest BCUT2D eigenvalue weighted by atomic mass is 19.4. The Morgan fingerprint density at radius 3 is 2.58 bits per heavy atom. The minimum Gasteiger partial charge on any atom is -0.466 e. The summed E-state index contributed by atoms with van der Waals surface area (Å²) in [4.78, 5) is 16.5. The van der Waals surface area contributed by atoms with Crippen molar-refractivity contribution in [2.24, 2.45) is 0 Å². The van der Waals surface area contributed by atoms with Crippen molar-refractivity contribution in [3.05, 3.63) is 23.9 Å². The monoisotopic (exact) mass is 276 g/mol. The summed E-state index contributed by atoms with van der Waals surface area (Å²) >= 11 is 0. The van der Waals surface area contributed by atoms with Crippen molar-refractivity contribution in [2.75, 3.05) is 25.1 Å². The molecule has 0 bridgehead atoms. The molecule has 0 spiro atoms. The van der Waals surface area contributed by atoms with Gasteiger partial charge in [0, 0.05) is 19.8 Å². The Kier molecular flexibility index (Phi) is 5.14. The highest BCUT2D eigenvalue weighted by Crippen LogP contribution is 2.29. The molecule has 0 saturated carbocycles. The molecule has 0 amide bonds. The van der Waals surface area contributed by atoms with E-state index < -0.39 is 11.7 Å². The summed E-state index contributed by atoms with van der Waals surface area (Å²) in [7, 11) is 1.65. The second kappa shape index (κ2) is 6.40. The van der Waals surface area contributed by atoms with Crippen LogP contribution in [-0.4, -0.2) is 31.2 Å². The first-order valence-corrected chi connectivity index (χ1v) is 5.74. The Labute approximate surface area is 109 Å². The van der Waals surface area contributed by atoms with E-state index in [2.05, 4.69) is 4.98 Å². The number of hydrogen-bond acceptors (Lipinski definition) is 4. The van der Waals surface area contributed by atoms with Gasteiger partial charge in [-0.05, 0) is 19.1 Å². The maximum Gasteiger partial charge on any atom is 0.417 e. The molecule has 0 aliphatic carbocycles. The third kappa shape index (κ3) is 4.76. The molecule has 0 aliphatic heterocycles. The molecule has 0 N–H and O–H groups in total. The van der Waals surface area contributed by atoms with E-state index in [9.17, 15) is 18.0 Å². The van der Waals surface area contributed by atoms with Crippen LogP contribution in [-0.2, 0) is 15.7 Å². The van der Waals surface area contributed by atoms with Crippen LogP contribution in [0.15, 0.2) is 18.3 Å².